The van der Waals surface area contributed by atoms with E-state index in [9.17, 15) is 15.2 Å². The molecule has 0 amide bonds. The first-order valence-corrected chi connectivity index (χ1v) is 7.27. The van der Waals surface area contributed by atoms with Crippen LogP contribution in [-0.2, 0) is 6.61 Å². The topological polar surface area (TPSA) is 85.5 Å². The molecule has 6 nitrogen and oxygen atoms in total. The zero-order valence-electron chi connectivity index (χ0n) is 11.6. The highest BCUT2D eigenvalue weighted by Crippen LogP contribution is 2.37. The Bertz CT molecular complexity index is 802. The molecule has 3 aromatic rings. The van der Waals surface area contributed by atoms with Crippen LogP contribution in [0.15, 0.2) is 36.4 Å². The van der Waals surface area contributed by atoms with Gasteiger partial charge >= 0.3 is 0 Å². The van der Waals surface area contributed by atoms with E-state index in [0.29, 0.717) is 11.3 Å². The Kier molecular flexibility index (Phi) is 3.74. The summed E-state index contributed by atoms with van der Waals surface area (Å²) in [7, 11) is 1.58. The van der Waals surface area contributed by atoms with Crippen LogP contribution >= 0.6 is 11.3 Å². The number of hydrogen-bond acceptors (Lipinski definition) is 6. The third-order valence-electron chi connectivity index (χ3n) is 3.31. The highest BCUT2D eigenvalue weighted by Gasteiger charge is 2.14. The normalized spacial score (nSPS) is 10.8. The summed E-state index contributed by atoms with van der Waals surface area (Å²) < 4.78 is 6.18. The molecule has 0 saturated heterocycles. The first kappa shape index (κ1) is 14.4. The number of non-ortho nitro benzene ring substituents is 1. The molecule has 2 aromatic carbocycles. The number of aliphatic hydroxyl groups is 1. The molecule has 0 radical (unpaired) electrons. The summed E-state index contributed by atoms with van der Waals surface area (Å²) in [6, 6.07) is 9.81. The lowest BCUT2D eigenvalue weighted by Gasteiger charge is -2.02. The number of nitro benzene ring substituents is 1. The summed E-state index contributed by atoms with van der Waals surface area (Å²) in [5.41, 5.74) is 2.25. The summed E-state index contributed by atoms with van der Waals surface area (Å²) in [5, 5.41) is 20.9. The molecule has 0 atom stereocenters. The predicted molar refractivity (Wildman–Crippen MR) is 84.2 cm³/mol. The van der Waals surface area contributed by atoms with Crippen molar-refractivity contribution in [1.82, 2.24) is 4.98 Å². The molecule has 0 fully saturated rings. The average Bonchev–Trinajstić information content (AvgIpc) is 2.99. The maximum atomic E-state index is 10.7. The average molecular weight is 316 g/mol. The molecule has 0 aliphatic carbocycles. The van der Waals surface area contributed by atoms with Gasteiger partial charge in [-0.15, -0.1) is 11.3 Å². The third kappa shape index (κ3) is 2.40. The molecule has 1 N–H and O–H groups in total. The fourth-order valence-corrected chi connectivity index (χ4v) is 3.28. The molecule has 112 valence electrons. The molecular formula is C15H12N2O4S. The van der Waals surface area contributed by atoms with E-state index in [1.165, 1.54) is 23.5 Å². The van der Waals surface area contributed by atoms with E-state index in [1.54, 1.807) is 31.4 Å². The second-order valence-corrected chi connectivity index (χ2v) is 5.58. The van der Waals surface area contributed by atoms with Gasteiger partial charge in [0.15, 0.2) is 0 Å². The maximum Gasteiger partial charge on any atom is 0.269 e. The van der Waals surface area contributed by atoms with Crippen LogP contribution in [0.5, 0.6) is 5.75 Å². The summed E-state index contributed by atoms with van der Waals surface area (Å²) >= 11 is 1.43. The number of aromatic nitrogens is 1. The number of aliphatic hydroxyl groups excluding tert-OH is 1. The molecule has 7 heteroatoms. The smallest absolute Gasteiger partial charge is 0.269 e. The minimum atomic E-state index is -0.435. The van der Waals surface area contributed by atoms with Crippen LogP contribution < -0.4 is 4.74 Å². The van der Waals surface area contributed by atoms with E-state index in [4.69, 9.17) is 4.74 Å². The number of thiazole rings is 1. The minimum absolute atomic E-state index is 0.0403. The number of hydrogen-bond donors (Lipinski definition) is 1. The first-order chi connectivity index (χ1) is 10.6. The van der Waals surface area contributed by atoms with E-state index in [1.807, 2.05) is 0 Å². The summed E-state index contributed by atoms with van der Waals surface area (Å²) in [5.74, 6) is 0.692. The Labute approximate surface area is 129 Å². The van der Waals surface area contributed by atoms with Gasteiger partial charge in [0.25, 0.3) is 5.69 Å². The van der Waals surface area contributed by atoms with Crippen molar-refractivity contribution in [1.29, 1.82) is 0 Å². The molecule has 0 aliphatic rings. The first-order valence-electron chi connectivity index (χ1n) is 6.46. The Morgan fingerprint density at radius 1 is 1.27 bits per heavy atom. The summed E-state index contributed by atoms with van der Waals surface area (Å²) in [6.45, 7) is -0.107. The Morgan fingerprint density at radius 2 is 2.00 bits per heavy atom. The van der Waals surface area contributed by atoms with Crippen LogP contribution in [0.1, 0.15) is 5.56 Å². The second-order valence-electron chi connectivity index (χ2n) is 4.59. The van der Waals surface area contributed by atoms with E-state index in [0.717, 1.165) is 20.8 Å². The molecule has 0 spiro atoms. The van der Waals surface area contributed by atoms with Gasteiger partial charge in [0.2, 0.25) is 0 Å². The Hall–Kier alpha value is -2.51. The minimum Gasteiger partial charge on any atom is -0.495 e. The van der Waals surface area contributed by atoms with Crippen molar-refractivity contribution in [2.45, 2.75) is 6.61 Å². The zero-order valence-corrected chi connectivity index (χ0v) is 12.5. The molecule has 0 saturated carbocycles. The van der Waals surface area contributed by atoms with Gasteiger partial charge in [-0.25, -0.2) is 4.98 Å². The van der Waals surface area contributed by atoms with Gasteiger partial charge in [-0.05, 0) is 18.2 Å². The standard InChI is InChI=1S/C15H12N2O4S/c1-21-12-7-4-10(8-18)13-14(12)22-15(16-13)9-2-5-11(6-3-9)17(19)20/h2-7,18H,8H2,1H3. The van der Waals surface area contributed by atoms with Gasteiger partial charge in [-0.3, -0.25) is 10.1 Å². The highest BCUT2D eigenvalue weighted by molar-refractivity contribution is 7.22. The fourth-order valence-electron chi connectivity index (χ4n) is 2.17. The summed E-state index contributed by atoms with van der Waals surface area (Å²) in [4.78, 5) is 14.8. The number of benzene rings is 2. The van der Waals surface area contributed by atoms with Crippen LogP contribution in [0.25, 0.3) is 20.8 Å². The fraction of sp³-hybridized carbons (Fsp3) is 0.133. The number of ether oxygens (including phenoxy) is 1. The molecule has 0 aliphatic heterocycles. The van der Waals surface area contributed by atoms with Gasteiger partial charge < -0.3 is 9.84 Å². The van der Waals surface area contributed by atoms with Gasteiger partial charge in [-0.2, -0.15) is 0 Å². The van der Waals surface area contributed by atoms with Crippen molar-refractivity contribution < 1.29 is 14.8 Å². The van der Waals surface area contributed by atoms with E-state index in [-0.39, 0.29) is 12.3 Å². The van der Waals surface area contributed by atoms with Crippen LogP contribution in [0.4, 0.5) is 5.69 Å². The van der Waals surface area contributed by atoms with Crippen LogP contribution in [0, 0.1) is 10.1 Å². The molecule has 1 aromatic heterocycles. The predicted octanol–water partition coefficient (Wildman–Crippen LogP) is 3.37. The van der Waals surface area contributed by atoms with Crippen molar-refractivity contribution in [3.8, 4) is 16.3 Å². The van der Waals surface area contributed by atoms with Crippen LogP contribution in [0.2, 0.25) is 0 Å². The SMILES string of the molecule is COc1ccc(CO)c2nc(-c3ccc([N+](=O)[O-])cc3)sc12. The van der Waals surface area contributed by atoms with Gasteiger partial charge in [0.1, 0.15) is 10.8 Å². The van der Waals surface area contributed by atoms with E-state index in [2.05, 4.69) is 4.98 Å². The molecule has 22 heavy (non-hydrogen) atoms. The Balaban J connectivity index is 2.13. The van der Waals surface area contributed by atoms with Gasteiger partial charge in [0.05, 0.1) is 28.9 Å². The van der Waals surface area contributed by atoms with Crippen molar-refractivity contribution in [3.63, 3.8) is 0 Å². The maximum absolute atomic E-state index is 10.7. The van der Waals surface area contributed by atoms with E-state index < -0.39 is 4.92 Å². The number of methoxy groups -OCH3 is 1. The third-order valence-corrected chi connectivity index (χ3v) is 4.43. The molecule has 3 rings (SSSR count). The zero-order chi connectivity index (χ0) is 15.7. The molecule has 0 bridgehead atoms. The van der Waals surface area contributed by atoms with E-state index >= 15 is 0 Å². The van der Waals surface area contributed by atoms with Crippen LogP contribution in [-0.4, -0.2) is 22.1 Å². The Morgan fingerprint density at radius 3 is 2.59 bits per heavy atom. The lowest BCUT2D eigenvalue weighted by molar-refractivity contribution is -0.384. The van der Waals surface area contributed by atoms with Crippen molar-refractivity contribution >= 4 is 27.2 Å². The van der Waals surface area contributed by atoms with Gasteiger partial charge in [-0.1, -0.05) is 6.07 Å². The van der Waals surface area contributed by atoms with Crippen LogP contribution in [0.3, 0.4) is 0 Å². The molecule has 0 unspecified atom stereocenters. The number of fused-ring (bicyclic) bond motifs is 1. The van der Waals surface area contributed by atoms with Crippen molar-refractivity contribution in [2.24, 2.45) is 0 Å². The highest BCUT2D eigenvalue weighted by atomic mass is 32.1. The second kappa shape index (κ2) is 5.70. The monoisotopic (exact) mass is 316 g/mol. The summed E-state index contributed by atoms with van der Waals surface area (Å²) in [6.07, 6.45) is 0. The number of nitrogens with zero attached hydrogens (tertiary/aromatic N) is 2. The molecular weight excluding hydrogens is 304 g/mol. The lowest BCUT2D eigenvalue weighted by Crippen LogP contribution is -1.89. The largest absolute Gasteiger partial charge is 0.495 e. The van der Waals surface area contributed by atoms with Gasteiger partial charge in [0, 0.05) is 23.3 Å². The quantitative estimate of drug-likeness (QED) is 0.589. The number of nitro groups is 1. The van der Waals surface area contributed by atoms with Crippen molar-refractivity contribution in [2.75, 3.05) is 7.11 Å². The number of rotatable bonds is 4. The lowest BCUT2D eigenvalue weighted by atomic mass is 10.2. The van der Waals surface area contributed by atoms with Crippen molar-refractivity contribution in [3.05, 3.63) is 52.1 Å². The molecule has 1 heterocycles.